The minimum atomic E-state index is -0.0808. The molecule has 0 radical (unpaired) electrons. The molecule has 0 saturated heterocycles. The zero-order chi connectivity index (χ0) is 16.2. The molecule has 1 heterocycles. The number of quaternary nitrogens is 1. The quantitative estimate of drug-likeness (QED) is 0.882. The van der Waals surface area contributed by atoms with Gasteiger partial charge in [-0.2, -0.15) is 0 Å². The van der Waals surface area contributed by atoms with Gasteiger partial charge in [0.05, 0.1) is 0 Å². The topological polar surface area (TPSA) is 64.2 Å². The normalized spacial score (nSPS) is 13.7. The van der Waals surface area contributed by atoms with Crippen LogP contribution in [0, 0.1) is 0 Å². The van der Waals surface area contributed by atoms with Crippen molar-refractivity contribution >= 4 is 23.2 Å². The number of ether oxygens (including phenoxy) is 2. The number of amides is 1. The molecule has 0 aliphatic carbocycles. The van der Waals surface area contributed by atoms with Crippen LogP contribution in [0.1, 0.15) is 18.5 Å². The lowest BCUT2D eigenvalue weighted by Crippen LogP contribution is -2.86. The van der Waals surface area contributed by atoms with E-state index in [0.717, 1.165) is 5.56 Å². The lowest BCUT2D eigenvalue weighted by molar-refractivity contribution is -0.682. The molecule has 0 aromatic heterocycles. The van der Waals surface area contributed by atoms with Crippen LogP contribution in [0.3, 0.4) is 0 Å². The summed E-state index contributed by atoms with van der Waals surface area (Å²) in [6.45, 7) is 2.55. The first-order valence-electron chi connectivity index (χ1n) is 7.41. The first-order chi connectivity index (χ1) is 11.1. The highest BCUT2D eigenvalue weighted by Gasteiger charge is 2.16. The van der Waals surface area contributed by atoms with E-state index < -0.39 is 0 Å². The monoisotopic (exact) mass is 333 g/mol. The number of halogens is 1. The van der Waals surface area contributed by atoms with Gasteiger partial charge < -0.3 is 20.1 Å². The maximum atomic E-state index is 12.1. The number of benzene rings is 2. The van der Waals surface area contributed by atoms with Gasteiger partial charge in [0.25, 0.3) is 5.91 Å². The summed E-state index contributed by atoms with van der Waals surface area (Å²) in [7, 11) is 0. The smallest absolute Gasteiger partial charge is 0.279 e. The van der Waals surface area contributed by atoms with E-state index in [0.29, 0.717) is 28.8 Å². The first-order valence-corrected chi connectivity index (χ1v) is 7.78. The molecule has 1 aliphatic heterocycles. The third kappa shape index (κ3) is 3.75. The van der Waals surface area contributed by atoms with Crippen LogP contribution in [0.4, 0.5) is 5.69 Å². The minimum Gasteiger partial charge on any atom is -0.454 e. The van der Waals surface area contributed by atoms with E-state index in [1.165, 1.54) is 0 Å². The first kappa shape index (κ1) is 15.6. The van der Waals surface area contributed by atoms with Crippen LogP contribution in [-0.2, 0) is 4.79 Å². The molecule has 3 N–H and O–H groups in total. The Morgan fingerprint density at radius 2 is 2.04 bits per heavy atom. The van der Waals surface area contributed by atoms with E-state index in [9.17, 15) is 4.79 Å². The molecule has 1 atom stereocenters. The summed E-state index contributed by atoms with van der Waals surface area (Å²) < 4.78 is 10.5. The highest BCUT2D eigenvalue weighted by Crippen LogP contribution is 2.34. The standard InChI is InChI=1S/C17H17ClN2O3/c1-11(13-4-2-3-5-14(13)18)19-9-17(21)20-12-6-7-15-16(8-12)23-10-22-15/h2-8,11,19H,9-10H2,1H3,(H,20,21)/p+1/t11-/m0/s1. The number of carbonyl (C=O) groups is 1. The molecule has 3 rings (SSSR count). The molecule has 1 amide bonds. The van der Waals surface area contributed by atoms with Crippen LogP contribution in [-0.4, -0.2) is 19.2 Å². The van der Waals surface area contributed by atoms with Gasteiger partial charge in [-0.3, -0.25) is 4.79 Å². The Kier molecular flexibility index (Phi) is 4.69. The Hall–Kier alpha value is -2.24. The molecule has 23 heavy (non-hydrogen) atoms. The maximum absolute atomic E-state index is 12.1. The van der Waals surface area contributed by atoms with Gasteiger partial charge >= 0.3 is 0 Å². The van der Waals surface area contributed by atoms with Gasteiger partial charge in [-0.25, -0.2) is 0 Å². The molecule has 0 spiro atoms. The summed E-state index contributed by atoms with van der Waals surface area (Å²) in [4.78, 5) is 12.1. The number of nitrogens with two attached hydrogens (primary N) is 1. The van der Waals surface area contributed by atoms with Crippen molar-refractivity contribution in [2.24, 2.45) is 0 Å². The fraction of sp³-hybridized carbons (Fsp3) is 0.235. The molecule has 0 bridgehead atoms. The van der Waals surface area contributed by atoms with E-state index in [4.69, 9.17) is 21.1 Å². The van der Waals surface area contributed by atoms with Crippen LogP contribution in [0.25, 0.3) is 0 Å². The van der Waals surface area contributed by atoms with Crippen LogP contribution in [0.5, 0.6) is 11.5 Å². The van der Waals surface area contributed by atoms with E-state index in [2.05, 4.69) is 5.32 Å². The highest BCUT2D eigenvalue weighted by molar-refractivity contribution is 6.31. The van der Waals surface area contributed by atoms with Gasteiger partial charge in [0.2, 0.25) is 6.79 Å². The van der Waals surface area contributed by atoms with Crippen molar-refractivity contribution in [3.05, 3.63) is 53.1 Å². The number of rotatable bonds is 5. The van der Waals surface area contributed by atoms with Gasteiger partial charge in [-0.1, -0.05) is 29.8 Å². The van der Waals surface area contributed by atoms with Gasteiger partial charge in [0, 0.05) is 22.3 Å². The second-order valence-electron chi connectivity index (χ2n) is 5.37. The van der Waals surface area contributed by atoms with E-state index in [1.54, 1.807) is 18.2 Å². The zero-order valence-corrected chi connectivity index (χ0v) is 13.5. The molecule has 2 aromatic carbocycles. The van der Waals surface area contributed by atoms with Crippen molar-refractivity contribution in [3.8, 4) is 11.5 Å². The van der Waals surface area contributed by atoms with E-state index >= 15 is 0 Å². The van der Waals surface area contributed by atoms with Gasteiger partial charge in [-0.15, -0.1) is 0 Å². The molecule has 120 valence electrons. The lowest BCUT2D eigenvalue weighted by Gasteiger charge is -2.12. The van der Waals surface area contributed by atoms with Crippen molar-refractivity contribution in [2.45, 2.75) is 13.0 Å². The fourth-order valence-corrected chi connectivity index (χ4v) is 2.75. The molecular weight excluding hydrogens is 316 g/mol. The average molecular weight is 334 g/mol. The summed E-state index contributed by atoms with van der Waals surface area (Å²) in [5.41, 5.74) is 1.71. The van der Waals surface area contributed by atoms with Crippen LogP contribution < -0.4 is 20.1 Å². The summed E-state index contributed by atoms with van der Waals surface area (Å²) in [6.07, 6.45) is 0. The lowest BCUT2D eigenvalue weighted by atomic mass is 10.1. The maximum Gasteiger partial charge on any atom is 0.279 e. The Labute approximate surface area is 139 Å². The number of carbonyl (C=O) groups excluding carboxylic acids is 1. The largest absolute Gasteiger partial charge is 0.454 e. The van der Waals surface area contributed by atoms with Crippen molar-refractivity contribution in [1.29, 1.82) is 0 Å². The summed E-state index contributed by atoms with van der Waals surface area (Å²) in [6, 6.07) is 13.1. The SMILES string of the molecule is C[C@H]([NH2+]CC(=O)Nc1ccc2c(c1)OCO2)c1ccccc1Cl. The summed E-state index contributed by atoms with van der Waals surface area (Å²) in [5.74, 6) is 1.26. The van der Waals surface area contributed by atoms with Gasteiger partial charge in [-0.05, 0) is 25.1 Å². The molecule has 0 saturated carbocycles. The Morgan fingerprint density at radius 1 is 1.26 bits per heavy atom. The number of nitrogens with one attached hydrogen (secondary N) is 1. The van der Waals surface area contributed by atoms with Crippen LogP contribution in [0.15, 0.2) is 42.5 Å². The van der Waals surface area contributed by atoms with Crippen LogP contribution in [0.2, 0.25) is 5.02 Å². The predicted octanol–water partition coefficient (Wildman–Crippen LogP) is 2.33. The Balaban J connectivity index is 1.54. The number of anilines is 1. The van der Waals surface area contributed by atoms with Crippen LogP contribution >= 0.6 is 11.6 Å². The van der Waals surface area contributed by atoms with Crippen molar-refractivity contribution in [2.75, 3.05) is 18.7 Å². The second-order valence-corrected chi connectivity index (χ2v) is 5.77. The molecule has 6 heteroatoms. The predicted molar refractivity (Wildman–Crippen MR) is 87.9 cm³/mol. The Morgan fingerprint density at radius 3 is 2.87 bits per heavy atom. The average Bonchev–Trinajstić information content (AvgIpc) is 3.01. The van der Waals surface area contributed by atoms with Crippen molar-refractivity contribution < 1.29 is 19.6 Å². The minimum absolute atomic E-state index is 0.0808. The third-order valence-corrected chi connectivity index (χ3v) is 4.05. The number of hydrogen-bond acceptors (Lipinski definition) is 3. The van der Waals surface area contributed by atoms with Crippen molar-refractivity contribution in [1.82, 2.24) is 0 Å². The molecule has 5 nitrogen and oxygen atoms in total. The third-order valence-electron chi connectivity index (χ3n) is 3.71. The fourth-order valence-electron chi connectivity index (χ4n) is 2.44. The summed E-state index contributed by atoms with van der Waals surface area (Å²) >= 11 is 6.17. The second kappa shape index (κ2) is 6.89. The van der Waals surface area contributed by atoms with E-state index in [1.807, 2.05) is 36.5 Å². The number of fused-ring (bicyclic) bond motifs is 1. The molecule has 0 unspecified atom stereocenters. The van der Waals surface area contributed by atoms with E-state index in [-0.39, 0.29) is 18.7 Å². The molecule has 1 aliphatic rings. The van der Waals surface area contributed by atoms with Gasteiger partial charge in [0.1, 0.15) is 6.04 Å². The van der Waals surface area contributed by atoms with Gasteiger partial charge in [0.15, 0.2) is 18.0 Å². The van der Waals surface area contributed by atoms with Crippen molar-refractivity contribution in [3.63, 3.8) is 0 Å². The Bertz CT molecular complexity index is 721. The molecule has 0 fully saturated rings. The zero-order valence-electron chi connectivity index (χ0n) is 12.7. The molecule has 2 aromatic rings. The summed E-state index contributed by atoms with van der Waals surface area (Å²) in [5, 5.41) is 5.52. The number of hydrogen-bond donors (Lipinski definition) is 2. The highest BCUT2D eigenvalue weighted by atomic mass is 35.5. The molecular formula is C17H18ClN2O3+.